The van der Waals surface area contributed by atoms with Crippen molar-refractivity contribution in [1.29, 1.82) is 0 Å². The van der Waals surface area contributed by atoms with E-state index in [-0.39, 0.29) is 53.2 Å². The van der Waals surface area contributed by atoms with Crippen molar-refractivity contribution in [2.24, 2.45) is 0 Å². The molecule has 0 N–H and O–H groups in total. The van der Waals surface area contributed by atoms with Crippen LogP contribution in [0.1, 0.15) is 40.0 Å². The van der Waals surface area contributed by atoms with Gasteiger partial charge in [-0.3, -0.25) is 0 Å². The molecule has 38 heavy (non-hydrogen) atoms. The van der Waals surface area contributed by atoms with Gasteiger partial charge in [0.25, 0.3) is 0 Å². The minimum absolute atomic E-state index is 0. The second-order valence-corrected chi connectivity index (χ2v) is 9.47. The molecule has 5 rings (SSSR count). The molecule has 4 atom stereocenters. The zero-order valence-electron chi connectivity index (χ0n) is 19.8. The van der Waals surface area contributed by atoms with E-state index >= 15 is 0 Å². The van der Waals surface area contributed by atoms with E-state index < -0.39 is 47.7 Å². The summed E-state index contributed by atoms with van der Waals surface area (Å²) < 4.78 is 107. The maximum atomic E-state index is 13.7. The van der Waals surface area contributed by atoms with Gasteiger partial charge in [0.15, 0.2) is 6.04 Å². The van der Waals surface area contributed by atoms with Crippen molar-refractivity contribution >= 4 is 0 Å². The molecular formula is C27H23F7INO2. The van der Waals surface area contributed by atoms with Crippen molar-refractivity contribution in [2.75, 3.05) is 19.7 Å². The summed E-state index contributed by atoms with van der Waals surface area (Å²) in [6, 6.07) is 16.3. The van der Waals surface area contributed by atoms with Crippen LogP contribution in [0.5, 0.6) is 0 Å². The number of hydrogen-bond acceptors (Lipinski definition) is 2. The van der Waals surface area contributed by atoms with Crippen LogP contribution in [0, 0.1) is 5.82 Å². The van der Waals surface area contributed by atoms with E-state index in [1.165, 1.54) is 12.1 Å². The van der Waals surface area contributed by atoms with Crippen molar-refractivity contribution in [3.05, 3.63) is 106 Å². The molecule has 2 bridgehead atoms. The number of halogens is 8. The summed E-state index contributed by atoms with van der Waals surface area (Å²) >= 11 is 0. The Balaban J connectivity index is 0.00000336. The van der Waals surface area contributed by atoms with Gasteiger partial charge < -0.3 is 37.9 Å². The number of nitrogens with zero attached hydrogens (tertiary/aromatic N) is 1. The van der Waals surface area contributed by atoms with Gasteiger partial charge in [-0.1, -0.05) is 30.3 Å². The third-order valence-electron chi connectivity index (χ3n) is 7.03. The van der Waals surface area contributed by atoms with Crippen LogP contribution in [0.25, 0.3) is 0 Å². The SMILES string of the molecule is Fc1ccc([C@H]2C3OCC[N+]2(Cc2ccccc2)CC(c2cc(C(F)(F)F)cc(C(F)(F)F)c2)O3)cc1.[I-]. The fourth-order valence-electron chi connectivity index (χ4n) is 5.36. The predicted molar refractivity (Wildman–Crippen MR) is 119 cm³/mol. The number of alkyl halides is 6. The molecule has 3 aromatic rings. The second kappa shape index (κ2) is 10.7. The highest BCUT2D eigenvalue weighted by Gasteiger charge is 2.54. The first kappa shape index (κ1) is 28.8. The van der Waals surface area contributed by atoms with Crippen molar-refractivity contribution in [1.82, 2.24) is 0 Å². The summed E-state index contributed by atoms with van der Waals surface area (Å²) in [5.74, 6) is -0.433. The molecule has 2 heterocycles. The zero-order chi connectivity index (χ0) is 26.4. The van der Waals surface area contributed by atoms with Crippen LogP contribution < -0.4 is 24.0 Å². The number of ether oxygens (including phenoxy) is 2. The third kappa shape index (κ3) is 5.85. The number of quaternary nitrogens is 1. The van der Waals surface area contributed by atoms with Gasteiger partial charge in [0.1, 0.15) is 31.6 Å². The number of benzene rings is 3. The normalized spacial score (nSPS) is 25.5. The highest BCUT2D eigenvalue weighted by Crippen LogP contribution is 2.48. The van der Waals surface area contributed by atoms with E-state index in [4.69, 9.17) is 9.47 Å². The molecule has 0 aliphatic carbocycles. The Labute approximate surface area is 231 Å². The van der Waals surface area contributed by atoms with Crippen molar-refractivity contribution in [3.8, 4) is 0 Å². The van der Waals surface area contributed by atoms with Gasteiger partial charge in [-0.2, -0.15) is 26.3 Å². The summed E-state index contributed by atoms with van der Waals surface area (Å²) in [4.78, 5) is 0. The minimum atomic E-state index is -4.97. The number of fused-ring (bicyclic) bond motifs is 2. The topological polar surface area (TPSA) is 18.5 Å². The fourth-order valence-corrected chi connectivity index (χ4v) is 5.36. The number of hydrogen-bond donors (Lipinski definition) is 0. The Hall–Kier alpha value is -2.22. The molecule has 0 aromatic heterocycles. The smallest absolute Gasteiger partial charge is 0.416 e. The van der Waals surface area contributed by atoms with Crippen LogP contribution in [0.4, 0.5) is 30.7 Å². The van der Waals surface area contributed by atoms with E-state index in [1.54, 1.807) is 12.1 Å². The largest absolute Gasteiger partial charge is 1.00 e. The van der Waals surface area contributed by atoms with E-state index in [2.05, 4.69) is 0 Å². The highest BCUT2D eigenvalue weighted by atomic mass is 127. The quantitative estimate of drug-likeness (QED) is 0.241. The molecule has 3 aromatic carbocycles. The number of morpholine rings is 2. The van der Waals surface area contributed by atoms with E-state index in [0.29, 0.717) is 30.8 Å². The minimum Gasteiger partial charge on any atom is -1.00 e. The molecule has 2 fully saturated rings. The molecule has 204 valence electrons. The van der Waals surface area contributed by atoms with Gasteiger partial charge in [-0.15, -0.1) is 0 Å². The summed E-state index contributed by atoms with van der Waals surface area (Å²) in [7, 11) is 0. The summed E-state index contributed by atoms with van der Waals surface area (Å²) in [6.07, 6.45) is -12.0. The van der Waals surface area contributed by atoms with Crippen LogP contribution in [0.3, 0.4) is 0 Å². The third-order valence-corrected chi connectivity index (χ3v) is 7.03. The molecule has 2 aliphatic heterocycles. The lowest BCUT2D eigenvalue weighted by Gasteiger charge is -2.55. The zero-order valence-corrected chi connectivity index (χ0v) is 21.9. The Morgan fingerprint density at radius 1 is 0.789 bits per heavy atom. The first-order valence-corrected chi connectivity index (χ1v) is 11.7. The summed E-state index contributed by atoms with van der Waals surface area (Å²) in [5.41, 5.74) is -1.35. The Morgan fingerprint density at radius 3 is 1.97 bits per heavy atom. The van der Waals surface area contributed by atoms with Gasteiger partial charge in [-0.25, -0.2) is 4.39 Å². The van der Waals surface area contributed by atoms with Crippen LogP contribution >= 0.6 is 0 Å². The molecule has 3 nitrogen and oxygen atoms in total. The van der Waals surface area contributed by atoms with Gasteiger partial charge in [-0.05, 0) is 48.0 Å². The first-order chi connectivity index (χ1) is 17.4. The van der Waals surface area contributed by atoms with Crippen LogP contribution in [0.2, 0.25) is 0 Å². The molecule has 0 radical (unpaired) electrons. The molecule has 0 spiro atoms. The lowest BCUT2D eigenvalue weighted by molar-refractivity contribution is -0.997. The van der Waals surface area contributed by atoms with Crippen LogP contribution in [-0.4, -0.2) is 30.5 Å². The predicted octanol–water partition coefficient (Wildman–Crippen LogP) is 4.05. The van der Waals surface area contributed by atoms with Gasteiger partial charge in [0.05, 0.1) is 17.7 Å². The standard InChI is InChI=1S/C27H23F7NO2.HI/c28-22-8-6-18(7-9-22)24-25-36-11-10-35(24,15-17-4-2-1-3-5-17)16-23(37-25)19-12-20(26(29,30)31)14-21(13-19)27(32,33)34;/h1-9,12-14,23-25H,10-11,15-16H2;1H/q+1;/p-1/t23?,24-,25?,35?;/m0./s1. The average Bonchev–Trinajstić information content (AvgIpc) is 2.83. The molecule has 0 amide bonds. The van der Waals surface area contributed by atoms with E-state index in [1.807, 2.05) is 30.3 Å². The fraction of sp³-hybridized carbons (Fsp3) is 0.333. The molecule has 11 heteroatoms. The Kier molecular flexibility index (Phi) is 8.14. The molecule has 2 saturated heterocycles. The Morgan fingerprint density at radius 2 is 1.39 bits per heavy atom. The number of rotatable bonds is 4. The summed E-state index contributed by atoms with van der Waals surface area (Å²) in [5, 5.41) is 0. The van der Waals surface area contributed by atoms with Gasteiger partial charge in [0.2, 0.25) is 6.29 Å². The van der Waals surface area contributed by atoms with E-state index in [9.17, 15) is 30.7 Å². The second-order valence-electron chi connectivity index (χ2n) is 9.47. The Bertz CT molecular complexity index is 1220. The van der Waals surface area contributed by atoms with Gasteiger partial charge in [0, 0.05) is 11.1 Å². The molecule has 2 aliphatic rings. The lowest BCUT2D eigenvalue weighted by atomic mass is 9.92. The highest BCUT2D eigenvalue weighted by molar-refractivity contribution is 5.35. The molecule has 3 unspecified atom stereocenters. The monoisotopic (exact) mass is 653 g/mol. The molecular weight excluding hydrogens is 630 g/mol. The summed E-state index contributed by atoms with van der Waals surface area (Å²) in [6.45, 7) is 1.28. The van der Waals surface area contributed by atoms with Crippen molar-refractivity contribution in [2.45, 2.75) is 37.3 Å². The lowest BCUT2D eigenvalue weighted by Crippen LogP contribution is -3.00. The van der Waals surface area contributed by atoms with Crippen LogP contribution in [-0.2, 0) is 28.4 Å². The van der Waals surface area contributed by atoms with E-state index in [0.717, 1.165) is 5.56 Å². The van der Waals surface area contributed by atoms with Crippen molar-refractivity contribution < 1.29 is 68.7 Å². The van der Waals surface area contributed by atoms with Crippen molar-refractivity contribution in [3.63, 3.8) is 0 Å². The first-order valence-electron chi connectivity index (χ1n) is 11.7. The maximum absolute atomic E-state index is 13.7. The average molecular weight is 653 g/mol. The van der Waals surface area contributed by atoms with Crippen LogP contribution in [0.15, 0.2) is 72.8 Å². The maximum Gasteiger partial charge on any atom is 0.416 e. The molecule has 0 saturated carbocycles. The van der Waals surface area contributed by atoms with Gasteiger partial charge >= 0.3 is 12.4 Å².